The summed E-state index contributed by atoms with van der Waals surface area (Å²) in [7, 11) is 0. The van der Waals surface area contributed by atoms with Crippen molar-refractivity contribution in [3.05, 3.63) is 11.5 Å². The molecule has 1 aliphatic rings. The molecule has 1 aliphatic heterocycles. The second kappa shape index (κ2) is 3.93. The zero-order valence-electron chi connectivity index (χ0n) is 9.18. The minimum absolute atomic E-state index is 0.949. The highest BCUT2D eigenvalue weighted by Crippen LogP contribution is 2.26. The Morgan fingerprint density at radius 1 is 1.12 bits per heavy atom. The molecule has 84 valence electrons. The molecule has 0 saturated carbocycles. The highest BCUT2D eigenvalue weighted by molar-refractivity contribution is 7.09. The van der Waals surface area contributed by atoms with Gasteiger partial charge >= 0.3 is 0 Å². The maximum Gasteiger partial charge on any atom is 0.177 e. The van der Waals surface area contributed by atoms with Crippen molar-refractivity contribution in [3.8, 4) is 10.7 Å². The van der Waals surface area contributed by atoms with Crippen LogP contribution in [0.5, 0.6) is 0 Å². The Kier molecular flexibility index (Phi) is 2.43. The van der Waals surface area contributed by atoms with Crippen LogP contribution in [-0.2, 0) is 13.0 Å². The Hall–Kier alpha value is -1.30. The summed E-state index contributed by atoms with van der Waals surface area (Å²) in [5.74, 6) is 2.06. The second-order valence-corrected chi connectivity index (χ2v) is 4.84. The Bertz CT molecular complexity index is 501. The molecule has 2 aromatic rings. The highest BCUT2D eigenvalue weighted by Gasteiger charge is 2.19. The molecule has 0 aromatic carbocycles. The van der Waals surface area contributed by atoms with E-state index in [1.165, 1.54) is 30.8 Å². The predicted molar refractivity (Wildman–Crippen MR) is 61.2 cm³/mol. The fourth-order valence-corrected chi connectivity index (χ4v) is 2.74. The molecule has 0 saturated heterocycles. The van der Waals surface area contributed by atoms with Crippen molar-refractivity contribution in [2.45, 2.75) is 39.2 Å². The van der Waals surface area contributed by atoms with E-state index in [9.17, 15) is 0 Å². The molecule has 3 rings (SSSR count). The number of aromatic nitrogens is 5. The lowest BCUT2D eigenvalue weighted by Gasteiger charge is -2.04. The third-order valence-corrected chi connectivity index (χ3v) is 3.79. The molecule has 0 fully saturated rings. The molecule has 0 N–H and O–H groups in total. The van der Waals surface area contributed by atoms with Gasteiger partial charge in [0.2, 0.25) is 0 Å². The van der Waals surface area contributed by atoms with Gasteiger partial charge in [-0.25, -0.2) is 0 Å². The standard InChI is InChI=1S/C10H13N5S/c1-7-9(16-14-11-7)10-13-12-8-5-3-2-4-6-15(8)10/h2-6H2,1H3. The molecule has 0 radical (unpaired) electrons. The number of hydrogen-bond acceptors (Lipinski definition) is 5. The first-order chi connectivity index (χ1) is 7.86. The average molecular weight is 235 g/mol. The van der Waals surface area contributed by atoms with Crippen LogP contribution in [0.2, 0.25) is 0 Å². The van der Waals surface area contributed by atoms with Gasteiger partial charge in [0, 0.05) is 13.0 Å². The smallest absolute Gasteiger partial charge is 0.177 e. The van der Waals surface area contributed by atoms with Crippen molar-refractivity contribution < 1.29 is 0 Å². The van der Waals surface area contributed by atoms with Gasteiger partial charge in [-0.3, -0.25) is 0 Å². The summed E-state index contributed by atoms with van der Waals surface area (Å²) >= 11 is 1.40. The first-order valence-electron chi connectivity index (χ1n) is 5.57. The van der Waals surface area contributed by atoms with Crippen LogP contribution in [0.3, 0.4) is 0 Å². The number of hydrogen-bond donors (Lipinski definition) is 0. The maximum absolute atomic E-state index is 4.29. The molecule has 5 nitrogen and oxygen atoms in total. The summed E-state index contributed by atoms with van der Waals surface area (Å²) in [6.45, 7) is 2.99. The molecule has 3 heterocycles. The molecule has 0 spiro atoms. The van der Waals surface area contributed by atoms with E-state index in [0.29, 0.717) is 0 Å². The number of nitrogens with zero attached hydrogens (tertiary/aromatic N) is 5. The van der Waals surface area contributed by atoms with Gasteiger partial charge in [-0.15, -0.1) is 15.3 Å². The molecule has 16 heavy (non-hydrogen) atoms. The summed E-state index contributed by atoms with van der Waals surface area (Å²) in [6.07, 6.45) is 4.75. The van der Waals surface area contributed by atoms with Crippen molar-refractivity contribution in [1.82, 2.24) is 24.4 Å². The molecule has 0 atom stereocenters. The molecule has 2 aromatic heterocycles. The Balaban J connectivity index is 2.09. The summed E-state index contributed by atoms with van der Waals surface area (Å²) < 4.78 is 6.19. The van der Waals surface area contributed by atoms with Crippen molar-refractivity contribution >= 4 is 11.5 Å². The first kappa shape index (κ1) is 9.89. The van der Waals surface area contributed by atoms with E-state index < -0.39 is 0 Å². The van der Waals surface area contributed by atoms with E-state index in [2.05, 4.69) is 24.4 Å². The first-order valence-corrected chi connectivity index (χ1v) is 6.35. The van der Waals surface area contributed by atoms with Crippen LogP contribution in [0.25, 0.3) is 10.7 Å². The molecule has 0 unspecified atom stereocenters. The zero-order valence-corrected chi connectivity index (χ0v) is 10.00. The topological polar surface area (TPSA) is 56.5 Å². The predicted octanol–water partition coefficient (Wildman–Crippen LogP) is 1.83. The van der Waals surface area contributed by atoms with Crippen LogP contribution >= 0.6 is 11.5 Å². The fourth-order valence-electron chi connectivity index (χ4n) is 2.09. The van der Waals surface area contributed by atoms with E-state index in [1.54, 1.807) is 0 Å². The largest absolute Gasteiger partial charge is 0.310 e. The Labute approximate surface area is 97.7 Å². The van der Waals surface area contributed by atoms with Gasteiger partial charge in [-0.2, -0.15) is 0 Å². The zero-order chi connectivity index (χ0) is 11.0. The molecular formula is C10H13N5S. The highest BCUT2D eigenvalue weighted by atomic mass is 32.1. The van der Waals surface area contributed by atoms with Gasteiger partial charge in [-0.05, 0) is 31.3 Å². The summed E-state index contributed by atoms with van der Waals surface area (Å²) in [5, 5.41) is 12.6. The van der Waals surface area contributed by atoms with Crippen molar-refractivity contribution in [2.24, 2.45) is 0 Å². The number of fused-ring (bicyclic) bond motifs is 1. The van der Waals surface area contributed by atoms with Gasteiger partial charge in [0.15, 0.2) is 5.82 Å². The van der Waals surface area contributed by atoms with Gasteiger partial charge < -0.3 is 4.57 Å². The van der Waals surface area contributed by atoms with Gasteiger partial charge in [0.1, 0.15) is 10.7 Å². The fraction of sp³-hybridized carbons (Fsp3) is 0.600. The quantitative estimate of drug-likeness (QED) is 0.756. The lowest BCUT2D eigenvalue weighted by molar-refractivity contribution is 0.637. The summed E-state index contributed by atoms with van der Waals surface area (Å²) in [4.78, 5) is 1.06. The van der Waals surface area contributed by atoms with Crippen LogP contribution in [0.1, 0.15) is 30.8 Å². The van der Waals surface area contributed by atoms with Crippen LogP contribution in [0, 0.1) is 6.92 Å². The van der Waals surface area contributed by atoms with Crippen LogP contribution in [0.4, 0.5) is 0 Å². The van der Waals surface area contributed by atoms with Crippen molar-refractivity contribution in [1.29, 1.82) is 0 Å². The van der Waals surface area contributed by atoms with E-state index in [4.69, 9.17) is 0 Å². The summed E-state index contributed by atoms with van der Waals surface area (Å²) in [6, 6.07) is 0. The third-order valence-electron chi connectivity index (χ3n) is 2.96. The average Bonchev–Trinajstić information content (AvgIpc) is 2.78. The minimum atomic E-state index is 0.949. The van der Waals surface area contributed by atoms with E-state index in [0.717, 1.165) is 35.2 Å². The normalized spacial score (nSPS) is 15.8. The SMILES string of the molecule is Cc1nnsc1-c1nnc2n1CCCCC2. The molecule has 0 amide bonds. The van der Waals surface area contributed by atoms with Gasteiger partial charge in [0.25, 0.3) is 0 Å². The van der Waals surface area contributed by atoms with Gasteiger partial charge in [-0.1, -0.05) is 10.9 Å². The molecule has 0 aliphatic carbocycles. The molecule has 6 heteroatoms. The lowest BCUT2D eigenvalue weighted by atomic mass is 10.2. The van der Waals surface area contributed by atoms with Crippen molar-refractivity contribution in [3.63, 3.8) is 0 Å². The van der Waals surface area contributed by atoms with E-state index >= 15 is 0 Å². The van der Waals surface area contributed by atoms with E-state index in [1.807, 2.05) is 6.92 Å². The van der Waals surface area contributed by atoms with Crippen molar-refractivity contribution in [2.75, 3.05) is 0 Å². The Morgan fingerprint density at radius 2 is 2.06 bits per heavy atom. The van der Waals surface area contributed by atoms with Gasteiger partial charge in [0.05, 0.1) is 5.69 Å². The van der Waals surface area contributed by atoms with Crippen LogP contribution < -0.4 is 0 Å². The molecule has 0 bridgehead atoms. The Morgan fingerprint density at radius 3 is 2.88 bits per heavy atom. The lowest BCUT2D eigenvalue weighted by Crippen LogP contribution is -2.02. The third kappa shape index (κ3) is 1.53. The minimum Gasteiger partial charge on any atom is -0.310 e. The maximum atomic E-state index is 4.29. The van der Waals surface area contributed by atoms with Crippen LogP contribution in [-0.4, -0.2) is 24.4 Å². The monoisotopic (exact) mass is 235 g/mol. The summed E-state index contributed by atoms with van der Waals surface area (Å²) in [5.41, 5.74) is 0.949. The van der Waals surface area contributed by atoms with E-state index in [-0.39, 0.29) is 0 Å². The second-order valence-electron chi connectivity index (χ2n) is 4.09. The number of rotatable bonds is 1. The van der Waals surface area contributed by atoms with Crippen LogP contribution in [0.15, 0.2) is 0 Å². The molecular weight excluding hydrogens is 222 g/mol. The number of aryl methyl sites for hydroxylation is 2.